The second kappa shape index (κ2) is 10.4. The molecule has 0 unspecified atom stereocenters. The molecule has 190 valence electrons. The number of hydrogen-bond acceptors (Lipinski definition) is 6. The van der Waals surface area contributed by atoms with E-state index in [1.54, 1.807) is 17.4 Å². The minimum absolute atomic E-state index is 0.184. The van der Waals surface area contributed by atoms with Gasteiger partial charge in [0.05, 0.1) is 22.2 Å². The maximum Gasteiger partial charge on any atom is 0.250 e. The van der Waals surface area contributed by atoms with Crippen molar-refractivity contribution in [3.63, 3.8) is 0 Å². The van der Waals surface area contributed by atoms with Crippen LogP contribution in [0.1, 0.15) is 36.0 Å². The molecular formula is C31H28N4O2S. The van der Waals surface area contributed by atoms with Crippen molar-refractivity contribution in [3.05, 3.63) is 90.8 Å². The van der Waals surface area contributed by atoms with E-state index in [-0.39, 0.29) is 12.1 Å². The summed E-state index contributed by atoms with van der Waals surface area (Å²) in [5.41, 5.74) is 10.8. The van der Waals surface area contributed by atoms with E-state index in [2.05, 4.69) is 40.6 Å². The molecule has 1 saturated carbocycles. The summed E-state index contributed by atoms with van der Waals surface area (Å²) in [6.07, 6.45) is 6.72. The fourth-order valence-corrected chi connectivity index (χ4v) is 6.19. The summed E-state index contributed by atoms with van der Waals surface area (Å²) < 4.78 is 0. The number of pyridine rings is 1. The van der Waals surface area contributed by atoms with Gasteiger partial charge >= 0.3 is 0 Å². The maximum absolute atomic E-state index is 12.2. The van der Waals surface area contributed by atoms with Crippen molar-refractivity contribution in [2.75, 3.05) is 5.32 Å². The second-order valence-electron chi connectivity index (χ2n) is 9.73. The van der Waals surface area contributed by atoms with E-state index in [0.29, 0.717) is 11.3 Å². The van der Waals surface area contributed by atoms with Gasteiger partial charge in [-0.3, -0.25) is 9.78 Å². The fraction of sp³-hybridized carbons (Fsp3) is 0.194. The molecule has 2 heterocycles. The lowest BCUT2D eigenvalue weighted by molar-refractivity contribution is 0.100. The summed E-state index contributed by atoms with van der Waals surface area (Å²) in [7, 11) is 0. The van der Waals surface area contributed by atoms with E-state index in [1.807, 2.05) is 48.8 Å². The third kappa shape index (κ3) is 4.78. The monoisotopic (exact) mass is 520 g/mol. The van der Waals surface area contributed by atoms with E-state index in [0.717, 1.165) is 68.7 Å². The van der Waals surface area contributed by atoms with Gasteiger partial charge in [0.1, 0.15) is 5.01 Å². The summed E-state index contributed by atoms with van der Waals surface area (Å²) in [5.74, 6) is -0.470. The first-order valence-corrected chi connectivity index (χ1v) is 13.7. The van der Waals surface area contributed by atoms with Gasteiger partial charge in [-0.05, 0) is 49.3 Å². The molecule has 38 heavy (non-hydrogen) atoms. The number of anilines is 1. The molecule has 6 rings (SSSR count). The molecule has 7 heteroatoms. The van der Waals surface area contributed by atoms with Crippen molar-refractivity contribution >= 4 is 33.7 Å². The number of aromatic nitrogens is 2. The lowest BCUT2D eigenvalue weighted by Gasteiger charge is -2.28. The molecule has 3 aromatic carbocycles. The summed E-state index contributed by atoms with van der Waals surface area (Å²) in [6.45, 7) is 0. The smallest absolute Gasteiger partial charge is 0.250 e. The average Bonchev–Trinajstić information content (AvgIpc) is 3.44. The number of fused-ring (bicyclic) bond motifs is 1. The molecule has 0 bridgehead atoms. The number of benzene rings is 3. The number of rotatable bonds is 6. The molecule has 0 saturated heterocycles. The van der Waals surface area contributed by atoms with Crippen molar-refractivity contribution in [2.45, 2.75) is 37.8 Å². The molecule has 1 amide bonds. The van der Waals surface area contributed by atoms with Gasteiger partial charge in [-0.2, -0.15) is 0 Å². The van der Waals surface area contributed by atoms with Gasteiger partial charge in [-0.25, -0.2) is 4.98 Å². The Morgan fingerprint density at radius 3 is 2.50 bits per heavy atom. The molecule has 2 aromatic heterocycles. The highest BCUT2D eigenvalue weighted by Gasteiger charge is 2.21. The van der Waals surface area contributed by atoms with E-state index in [4.69, 9.17) is 10.7 Å². The Morgan fingerprint density at radius 1 is 0.895 bits per heavy atom. The average molecular weight is 521 g/mol. The minimum atomic E-state index is -0.470. The first-order chi connectivity index (χ1) is 18.6. The first-order valence-electron chi connectivity index (χ1n) is 12.8. The van der Waals surface area contributed by atoms with Crippen molar-refractivity contribution in [3.8, 4) is 32.3 Å². The molecule has 0 spiro atoms. The number of carbonyl (C=O) groups excluding carboxylic acids is 1. The zero-order valence-electron chi connectivity index (χ0n) is 20.8. The SMILES string of the molecule is NC(=O)c1ccc(-c2nccc3c(-c4cnc(-c5ccccc5)s4)cccc23)cc1NC1CCC(O)CC1. The third-order valence-corrected chi connectivity index (χ3v) is 8.29. The standard InChI is InChI=1S/C31H28N4O2S/c32-30(37)26-14-9-20(17-27(26)35-21-10-12-22(36)13-11-21)29-25-8-4-7-24(23(25)15-16-33-29)28-18-34-31(38-28)19-5-2-1-3-6-19/h1-9,14-18,21-22,35-36H,10-13H2,(H2,32,37). The van der Waals surface area contributed by atoms with Gasteiger partial charge < -0.3 is 16.2 Å². The lowest BCUT2D eigenvalue weighted by atomic mass is 9.92. The molecular weight excluding hydrogens is 492 g/mol. The molecule has 5 aromatic rings. The molecule has 0 aliphatic heterocycles. The number of hydrogen-bond donors (Lipinski definition) is 3. The summed E-state index contributed by atoms with van der Waals surface area (Å²) >= 11 is 1.67. The van der Waals surface area contributed by atoms with Crippen LogP contribution in [-0.4, -0.2) is 33.1 Å². The summed E-state index contributed by atoms with van der Waals surface area (Å²) in [6, 6.07) is 24.3. The molecule has 0 radical (unpaired) electrons. The van der Waals surface area contributed by atoms with Crippen LogP contribution in [0.2, 0.25) is 0 Å². The van der Waals surface area contributed by atoms with Crippen LogP contribution < -0.4 is 11.1 Å². The number of amides is 1. The van der Waals surface area contributed by atoms with Crippen LogP contribution in [0.5, 0.6) is 0 Å². The molecule has 1 fully saturated rings. The van der Waals surface area contributed by atoms with E-state index < -0.39 is 5.91 Å². The highest BCUT2D eigenvalue weighted by atomic mass is 32.1. The Kier molecular flexibility index (Phi) is 6.62. The van der Waals surface area contributed by atoms with Crippen molar-refractivity contribution in [2.24, 2.45) is 5.73 Å². The van der Waals surface area contributed by atoms with E-state index in [9.17, 15) is 9.90 Å². The zero-order valence-corrected chi connectivity index (χ0v) is 21.6. The third-order valence-electron chi connectivity index (χ3n) is 7.21. The zero-order chi connectivity index (χ0) is 26.1. The highest BCUT2D eigenvalue weighted by Crippen LogP contribution is 2.38. The Bertz CT molecular complexity index is 1610. The largest absolute Gasteiger partial charge is 0.393 e. The molecule has 4 N–H and O–H groups in total. The molecule has 1 aliphatic carbocycles. The van der Waals surface area contributed by atoms with Crippen LogP contribution in [-0.2, 0) is 0 Å². The number of carbonyl (C=O) groups is 1. The van der Waals surface area contributed by atoms with Crippen LogP contribution in [0, 0.1) is 0 Å². The number of nitrogens with zero attached hydrogens (tertiary/aromatic N) is 2. The summed E-state index contributed by atoms with van der Waals surface area (Å²) in [5, 5.41) is 16.5. The van der Waals surface area contributed by atoms with Crippen LogP contribution in [0.15, 0.2) is 85.2 Å². The molecule has 1 aliphatic rings. The Morgan fingerprint density at radius 2 is 1.71 bits per heavy atom. The van der Waals surface area contributed by atoms with Crippen molar-refractivity contribution < 1.29 is 9.90 Å². The first kappa shape index (κ1) is 24.3. The number of aliphatic hydroxyl groups excluding tert-OH is 1. The number of aliphatic hydroxyl groups is 1. The number of nitrogens with one attached hydrogen (secondary N) is 1. The summed E-state index contributed by atoms with van der Waals surface area (Å²) in [4.78, 5) is 22.7. The topological polar surface area (TPSA) is 101 Å². The van der Waals surface area contributed by atoms with E-state index >= 15 is 0 Å². The normalized spacial score (nSPS) is 17.4. The fourth-order valence-electron chi connectivity index (χ4n) is 5.23. The van der Waals surface area contributed by atoms with Gasteiger partial charge in [-0.1, -0.05) is 54.6 Å². The molecule has 0 atom stereocenters. The van der Waals surface area contributed by atoms with Gasteiger partial charge in [-0.15, -0.1) is 11.3 Å². The van der Waals surface area contributed by atoms with Gasteiger partial charge in [0.15, 0.2) is 0 Å². The Labute approximate surface area is 225 Å². The number of primary amides is 1. The van der Waals surface area contributed by atoms with Crippen molar-refractivity contribution in [1.82, 2.24) is 9.97 Å². The van der Waals surface area contributed by atoms with Crippen molar-refractivity contribution in [1.29, 1.82) is 0 Å². The Balaban J connectivity index is 1.39. The van der Waals surface area contributed by atoms with E-state index in [1.165, 1.54) is 0 Å². The van der Waals surface area contributed by atoms with Gasteiger partial charge in [0, 0.05) is 46.2 Å². The van der Waals surface area contributed by atoms with Crippen LogP contribution >= 0.6 is 11.3 Å². The van der Waals surface area contributed by atoms with Crippen LogP contribution in [0.3, 0.4) is 0 Å². The Hall–Kier alpha value is -4.07. The predicted molar refractivity (Wildman–Crippen MR) is 154 cm³/mol. The van der Waals surface area contributed by atoms with Gasteiger partial charge in [0.2, 0.25) is 0 Å². The quantitative estimate of drug-likeness (QED) is 0.237. The molecule has 6 nitrogen and oxygen atoms in total. The number of nitrogens with two attached hydrogens (primary N) is 1. The van der Waals surface area contributed by atoms with Gasteiger partial charge in [0.25, 0.3) is 5.91 Å². The highest BCUT2D eigenvalue weighted by molar-refractivity contribution is 7.18. The number of thiazole rings is 1. The van der Waals surface area contributed by atoms with Crippen LogP contribution in [0.25, 0.3) is 43.0 Å². The minimum Gasteiger partial charge on any atom is -0.393 e. The second-order valence-corrected chi connectivity index (χ2v) is 10.8. The lowest BCUT2D eigenvalue weighted by Crippen LogP contribution is -2.29. The maximum atomic E-state index is 12.2. The van der Waals surface area contributed by atoms with Crippen LogP contribution in [0.4, 0.5) is 5.69 Å². The predicted octanol–water partition coefficient (Wildman–Crippen LogP) is 6.51.